The maximum absolute atomic E-state index is 5.71. The van der Waals surface area contributed by atoms with E-state index in [-0.39, 0.29) is 0 Å². The number of aromatic nitrogens is 5. The van der Waals surface area contributed by atoms with Crippen molar-refractivity contribution in [1.82, 2.24) is 24.9 Å². The molecule has 0 saturated heterocycles. The summed E-state index contributed by atoms with van der Waals surface area (Å²) in [5.74, 6) is 3.54. The van der Waals surface area contributed by atoms with Crippen LogP contribution in [0.3, 0.4) is 0 Å². The van der Waals surface area contributed by atoms with E-state index in [2.05, 4.69) is 24.9 Å². The van der Waals surface area contributed by atoms with Crippen LogP contribution in [-0.2, 0) is 12.3 Å². The van der Waals surface area contributed by atoms with Crippen LogP contribution in [0.1, 0.15) is 55.2 Å². The van der Waals surface area contributed by atoms with Crippen molar-refractivity contribution in [3.8, 4) is 0 Å². The third-order valence-electron chi connectivity index (χ3n) is 3.57. The Labute approximate surface area is 120 Å². The molecule has 106 valence electrons. The van der Waals surface area contributed by atoms with Crippen molar-refractivity contribution in [1.29, 1.82) is 0 Å². The van der Waals surface area contributed by atoms with Gasteiger partial charge >= 0.3 is 0 Å². The first-order chi connectivity index (χ1) is 9.85. The summed E-state index contributed by atoms with van der Waals surface area (Å²) in [6, 6.07) is 0.526. The first-order valence-corrected chi connectivity index (χ1v) is 7.93. The van der Waals surface area contributed by atoms with Gasteiger partial charge in [-0.3, -0.25) is 0 Å². The summed E-state index contributed by atoms with van der Waals surface area (Å²) < 4.78 is 7.42. The lowest BCUT2D eigenvalue weighted by atomic mass is 10.4. The van der Waals surface area contributed by atoms with Gasteiger partial charge in [-0.1, -0.05) is 16.9 Å². The third kappa shape index (κ3) is 2.33. The lowest BCUT2D eigenvalue weighted by Gasteiger charge is -2.05. The minimum atomic E-state index is 0.429. The SMILES string of the molecule is NCc1nnc(SCc2noc(C3CC3)n2)n1C1CC1. The van der Waals surface area contributed by atoms with E-state index in [1.807, 2.05) is 0 Å². The predicted octanol–water partition coefficient (Wildman–Crippen LogP) is 1.62. The largest absolute Gasteiger partial charge is 0.339 e. The Bertz CT molecular complexity index is 615. The number of nitrogens with zero attached hydrogens (tertiary/aromatic N) is 5. The zero-order chi connectivity index (χ0) is 13.5. The van der Waals surface area contributed by atoms with Crippen molar-refractivity contribution in [3.05, 3.63) is 17.5 Å². The number of thioether (sulfide) groups is 1. The fourth-order valence-corrected chi connectivity index (χ4v) is 3.06. The molecule has 20 heavy (non-hydrogen) atoms. The van der Waals surface area contributed by atoms with Crippen LogP contribution in [0.2, 0.25) is 0 Å². The molecule has 0 spiro atoms. The fourth-order valence-electron chi connectivity index (χ4n) is 2.20. The van der Waals surface area contributed by atoms with Crippen LogP contribution in [0.15, 0.2) is 9.68 Å². The Hall–Kier alpha value is -1.41. The molecule has 8 heteroatoms. The van der Waals surface area contributed by atoms with E-state index in [4.69, 9.17) is 10.3 Å². The lowest BCUT2D eigenvalue weighted by Crippen LogP contribution is -2.08. The topological polar surface area (TPSA) is 95.7 Å². The first kappa shape index (κ1) is 12.3. The Morgan fingerprint density at radius 2 is 2.10 bits per heavy atom. The summed E-state index contributed by atoms with van der Waals surface area (Å²) in [5, 5.41) is 13.3. The second-order valence-electron chi connectivity index (χ2n) is 5.32. The summed E-state index contributed by atoms with van der Waals surface area (Å²) in [7, 11) is 0. The molecule has 0 amide bonds. The summed E-state index contributed by atoms with van der Waals surface area (Å²) in [5.41, 5.74) is 5.71. The van der Waals surface area contributed by atoms with Crippen molar-refractivity contribution >= 4 is 11.8 Å². The van der Waals surface area contributed by atoms with Crippen LogP contribution in [0.5, 0.6) is 0 Å². The van der Waals surface area contributed by atoms with E-state index in [1.165, 1.54) is 25.7 Å². The monoisotopic (exact) mass is 292 g/mol. The highest BCUT2D eigenvalue weighted by molar-refractivity contribution is 7.98. The van der Waals surface area contributed by atoms with Crippen molar-refractivity contribution in [2.24, 2.45) is 5.73 Å². The Kier molecular flexibility index (Phi) is 2.99. The van der Waals surface area contributed by atoms with Crippen molar-refractivity contribution < 1.29 is 4.52 Å². The minimum Gasteiger partial charge on any atom is -0.339 e. The average Bonchev–Trinajstić information content (AvgIpc) is 3.40. The molecular formula is C12H16N6OS. The van der Waals surface area contributed by atoms with Gasteiger partial charge in [0.1, 0.15) is 5.82 Å². The molecule has 2 aliphatic rings. The molecule has 2 N–H and O–H groups in total. The third-order valence-corrected chi connectivity index (χ3v) is 4.51. The summed E-state index contributed by atoms with van der Waals surface area (Å²) in [4.78, 5) is 4.42. The quantitative estimate of drug-likeness (QED) is 0.808. The van der Waals surface area contributed by atoms with Gasteiger partial charge in [0.2, 0.25) is 5.89 Å². The van der Waals surface area contributed by atoms with Crippen molar-refractivity contribution in [2.75, 3.05) is 0 Å². The van der Waals surface area contributed by atoms with Gasteiger partial charge < -0.3 is 14.8 Å². The van der Waals surface area contributed by atoms with E-state index in [9.17, 15) is 0 Å². The smallest absolute Gasteiger partial charge is 0.229 e. The molecule has 0 aliphatic heterocycles. The van der Waals surface area contributed by atoms with Gasteiger partial charge in [0.05, 0.1) is 12.3 Å². The van der Waals surface area contributed by atoms with E-state index in [0.717, 1.165) is 22.7 Å². The molecule has 2 aromatic rings. The van der Waals surface area contributed by atoms with Gasteiger partial charge in [0, 0.05) is 12.0 Å². The van der Waals surface area contributed by atoms with E-state index in [1.54, 1.807) is 11.8 Å². The highest BCUT2D eigenvalue weighted by Gasteiger charge is 2.31. The number of hydrogen-bond donors (Lipinski definition) is 1. The number of nitrogens with two attached hydrogens (primary N) is 1. The van der Waals surface area contributed by atoms with Gasteiger partial charge in [0.15, 0.2) is 11.0 Å². The van der Waals surface area contributed by atoms with Crippen LogP contribution < -0.4 is 5.73 Å². The van der Waals surface area contributed by atoms with Crippen LogP contribution >= 0.6 is 11.8 Å². The molecule has 2 aromatic heterocycles. The molecule has 2 aliphatic carbocycles. The molecule has 0 aromatic carbocycles. The zero-order valence-electron chi connectivity index (χ0n) is 11.0. The summed E-state index contributed by atoms with van der Waals surface area (Å²) >= 11 is 1.60. The standard InChI is InChI=1S/C12H16N6OS/c13-5-10-15-16-12(18(10)8-3-4-8)20-6-9-14-11(19-17-9)7-1-2-7/h7-8H,1-6,13H2. The number of hydrogen-bond acceptors (Lipinski definition) is 7. The summed E-state index contributed by atoms with van der Waals surface area (Å²) in [6.45, 7) is 0.429. The molecule has 2 fully saturated rings. The Morgan fingerprint density at radius 1 is 1.25 bits per heavy atom. The maximum atomic E-state index is 5.71. The predicted molar refractivity (Wildman–Crippen MR) is 72.0 cm³/mol. The second kappa shape index (κ2) is 4.85. The van der Waals surface area contributed by atoms with Crippen LogP contribution in [0.25, 0.3) is 0 Å². The first-order valence-electron chi connectivity index (χ1n) is 6.94. The van der Waals surface area contributed by atoms with Crippen LogP contribution in [0.4, 0.5) is 0 Å². The molecule has 7 nitrogen and oxygen atoms in total. The molecule has 0 atom stereocenters. The van der Waals surface area contributed by atoms with Gasteiger partial charge in [-0.25, -0.2) is 0 Å². The van der Waals surface area contributed by atoms with Crippen LogP contribution in [0, 0.1) is 0 Å². The van der Waals surface area contributed by atoms with Crippen molar-refractivity contribution in [3.63, 3.8) is 0 Å². The molecule has 0 unspecified atom stereocenters. The molecular weight excluding hydrogens is 276 g/mol. The Balaban J connectivity index is 1.46. The van der Waals surface area contributed by atoms with E-state index >= 15 is 0 Å². The molecule has 0 radical (unpaired) electrons. The fraction of sp³-hybridized carbons (Fsp3) is 0.667. The lowest BCUT2D eigenvalue weighted by molar-refractivity contribution is 0.375. The molecule has 0 bridgehead atoms. The van der Waals surface area contributed by atoms with Gasteiger partial charge in [-0.2, -0.15) is 4.98 Å². The van der Waals surface area contributed by atoms with Gasteiger partial charge in [-0.05, 0) is 25.7 Å². The minimum absolute atomic E-state index is 0.429. The van der Waals surface area contributed by atoms with Crippen molar-refractivity contribution in [2.45, 2.75) is 55.1 Å². The van der Waals surface area contributed by atoms with Crippen LogP contribution in [-0.4, -0.2) is 24.9 Å². The Morgan fingerprint density at radius 3 is 2.80 bits per heavy atom. The highest BCUT2D eigenvalue weighted by Crippen LogP contribution is 2.40. The summed E-state index contributed by atoms with van der Waals surface area (Å²) in [6.07, 6.45) is 4.72. The normalized spacial score (nSPS) is 18.6. The number of rotatable bonds is 6. The molecule has 2 heterocycles. The molecule has 2 saturated carbocycles. The van der Waals surface area contributed by atoms with E-state index < -0.39 is 0 Å². The zero-order valence-corrected chi connectivity index (χ0v) is 11.8. The highest BCUT2D eigenvalue weighted by atomic mass is 32.2. The average molecular weight is 292 g/mol. The maximum Gasteiger partial charge on any atom is 0.229 e. The molecule has 4 rings (SSSR count). The van der Waals surface area contributed by atoms with Gasteiger partial charge in [0.25, 0.3) is 0 Å². The van der Waals surface area contributed by atoms with E-state index in [0.29, 0.717) is 24.3 Å². The van der Waals surface area contributed by atoms with Gasteiger partial charge in [-0.15, -0.1) is 10.2 Å². The second-order valence-corrected chi connectivity index (χ2v) is 6.26.